The average Bonchev–Trinajstić information content (AvgIpc) is 2.84. The fraction of sp³-hybridized carbons (Fsp3) is 0.263. The molecule has 1 aliphatic rings. The highest BCUT2D eigenvalue weighted by Crippen LogP contribution is 2.40. The number of halogens is 2. The predicted molar refractivity (Wildman–Crippen MR) is 93.5 cm³/mol. The van der Waals surface area contributed by atoms with Crippen molar-refractivity contribution in [2.24, 2.45) is 0 Å². The topological polar surface area (TPSA) is 52.6 Å². The second-order valence-corrected chi connectivity index (χ2v) is 8.59. The Balaban J connectivity index is 2.03. The van der Waals surface area contributed by atoms with Gasteiger partial charge in [0.15, 0.2) is 21.4 Å². The normalized spacial score (nSPS) is 16.8. The number of rotatable bonds is 4. The number of sulfone groups is 1. The zero-order valence-corrected chi connectivity index (χ0v) is 15.4. The zero-order chi connectivity index (χ0) is 19.1. The molecule has 2 aromatic carbocycles. The van der Waals surface area contributed by atoms with Crippen molar-refractivity contribution in [3.8, 4) is 5.75 Å². The Hall–Kier alpha value is -2.25. The van der Waals surface area contributed by atoms with Gasteiger partial charge in [0.05, 0.1) is 10.5 Å². The maximum absolute atomic E-state index is 13.9. The van der Waals surface area contributed by atoms with Crippen molar-refractivity contribution in [2.75, 3.05) is 12.9 Å². The van der Waals surface area contributed by atoms with Crippen molar-refractivity contribution >= 4 is 15.4 Å². The van der Waals surface area contributed by atoms with Crippen LogP contribution in [-0.4, -0.2) is 26.9 Å². The van der Waals surface area contributed by atoms with Crippen molar-refractivity contribution < 1.29 is 26.7 Å². The summed E-state index contributed by atoms with van der Waals surface area (Å²) in [6.07, 6.45) is 1.13. The molecule has 0 aromatic heterocycles. The molecule has 0 spiro atoms. The molecule has 0 unspecified atom stereocenters. The lowest BCUT2D eigenvalue weighted by Crippen LogP contribution is -2.21. The van der Waals surface area contributed by atoms with Gasteiger partial charge in [-0.15, -0.1) is 0 Å². The number of hydrogen-bond donors (Lipinski definition) is 0. The van der Waals surface area contributed by atoms with E-state index in [2.05, 4.69) is 0 Å². The molecule has 138 valence electrons. The van der Waals surface area contributed by atoms with Crippen LogP contribution in [-0.2, 0) is 14.6 Å². The van der Waals surface area contributed by atoms with Gasteiger partial charge in [-0.05, 0) is 43.7 Å². The minimum Gasteiger partial charge on any atom is -0.456 e. The summed E-state index contributed by atoms with van der Waals surface area (Å²) in [5, 5.41) is 0. The first-order chi connectivity index (χ1) is 12.1. The van der Waals surface area contributed by atoms with Crippen LogP contribution in [0.3, 0.4) is 0 Å². The molecule has 3 rings (SSSR count). The van der Waals surface area contributed by atoms with E-state index >= 15 is 0 Å². The Morgan fingerprint density at radius 3 is 2.31 bits per heavy atom. The van der Waals surface area contributed by atoms with E-state index in [1.54, 1.807) is 12.1 Å². The predicted octanol–water partition coefficient (Wildman–Crippen LogP) is 3.97. The first-order valence-corrected chi connectivity index (χ1v) is 9.78. The zero-order valence-electron chi connectivity index (χ0n) is 14.5. The smallest absolute Gasteiger partial charge is 0.175 e. The van der Waals surface area contributed by atoms with Gasteiger partial charge in [-0.25, -0.2) is 17.2 Å². The van der Waals surface area contributed by atoms with Gasteiger partial charge in [-0.1, -0.05) is 12.1 Å². The minimum absolute atomic E-state index is 0.104. The summed E-state index contributed by atoms with van der Waals surface area (Å²) in [6, 6.07) is 9.40. The molecule has 2 aromatic rings. The summed E-state index contributed by atoms with van der Waals surface area (Å²) in [7, 11) is -3.31. The van der Waals surface area contributed by atoms with Crippen LogP contribution < -0.4 is 4.74 Å². The highest BCUT2D eigenvalue weighted by atomic mass is 32.2. The van der Waals surface area contributed by atoms with E-state index in [0.29, 0.717) is 16.9 Å². The molecule has 7 heteroatoms. The average molecular weight is 380 g/mol. The van der Waals surface area contributed by atoms with Crippen molar-refractivity contribution in [3.05, 3.63) is 65.4 Å². The lowest BCUT2D eigenvalue weighted by Gasteiger charge is -2.22. The van der Waals surface area contributed by atoms with E-state index in [0.717, 1.165) is 18.4 Å². The largest absolute Gasteiger partial charge is 0.456 e. The molecule has 26 heavy (non-hydrogen) atoms. The second-order valence-electron chi connectivity index (χ2n) is 6.57. The van der Waals surface area contributed by atoms with Crippen LogP contribution in [0.2, 0.25) is 0 Å². The summed E-state index contributed by atoms with van der Waals surface area (Å²) >= 11 is 0. The number of ether oxygens (including phenoxy) is 2. The van der Waals surface area contributed by atoms with E-state index in [1.807, 2.05) is 13.8 Å². The van der Waals surface area contributed by atoms with Crippen LogP contribution in [0.25, 0.3) is 5.57 Å². The first kappa shape index (κ1) is 18.5. The van der Waals surface area contributed by atoms with Gasteiger partial charge < -0.3 is 9.47 Å². The van der Waals surface area contributed by atoms with Crippen molar-refractivity contribution in [2.45, 2.75) is 24.3 Å². The third-order valence-corrected chi connectivity index (χ3v) is 5.27. The quantitative estimate of drug-likeness (QED) is 0.806. The summed E-state index contributed by atoms with van der Waals surface area (Å²) in [5.41, 5.74) is 0.678. The Labute approximate surface area is 151 Å². The molecule has 1 heterocycles. The van der Waals surface area contributed by atoms with E-state index in [4.69, 9.17) is 9.47 Å². The van der Waals surface area contributed by atoms with Crippen LogP contribution in [0.1, 0.15) is 19.4 Å². The Morgan fingerprint density at radius 2 is 1.73 bits per heavy atom. The van der Waals surface area contributed by atoms with E-state index in [1.165, 1.54) is 18.2 Å². The Morgan fingerprint density at radius 1 is 1.08 bits per heavy atom. The molecule has 0 saturated heterocycles. The highest BCUT2D eigenvalue weighted by Gasteiger charge is 2.36. The number of benzene rings is 2. The van der Waals surface area contributed by atoms with Crippen LogP contribution in [0.5, 0.6) is 5.75 Å². The molecule has 0 aliphatic carbocycles. The molecule has 0 saturated carbocycles. The van der Waals surface area contributed by atoms with E-state index in [9.17, 15) is 17.2 Å². The van der Waals surface area contributed by atoms with Crippen molar-refractivity contribution in [1.29, 1.82) is 0 Å². The SMILES string of the molecule is CC1(C)OCC(Oc2ccc(F)cc2F)=C1c1ccc(S(C)(=O)=O)cc1. The van der Waals surface area contributed by atoms with Crippen LogP contribution in [0, 0.1) is 11.6 Å². The van der Waals surface area contributed by atoms with Gasteiger partial charge >= 0.3 is 0 Å². The fourth-order valence-corrected chi connectivity index (χ4v) is 3.51. The maximum Gasteiger partial charge on any atom is 0.175 e. The standard InChI is InChI=1S/C19H18F2O4S/c1-19(2)18(12-4-7-14(8-5-12)26(3,22)23)17(11-24-19)25-16-9-6-13(20)10-15(16)21/h4-10H,11H2,1-3H3. The summed E-state index contributed by atoms with van der Waals surface area (Å²) in [6.45, 7) is 3.79. The van der Waals surface area contributed by atoms with Gasteiger partial charge in [-0.3, -0.25) is 0 Å². The van der Waals surface area contributed by atoms with Gasteiger partial charge in [0.1, 0.15) is 18.2 Å². The lowest BCUT2D eigenvalue weighted by atomic mass is 9.92. The summed E-state index contributed by atoms with van der Waals surface area (Å²) in [5.74, 6) is -1.21. The molecule has 0 atom stereocenters. The third-order valence-electron chi connectivity index (χ3n) is 4.14. The lowest BCUT2D eigenvalue weighted by molar-refractivity contribution is 0.0542. The summed E-state index contributed by atoms with van der Waals surface area (Å²) < 4.78 is 61.6. The van der Waals surface area contributed by atoms with Gasteiger partial charge in [0, 0.05) is 17.9 Å². The minimum atomic E-state index is -3.31. The van der Waals surface area contributed by atoms with E-state index < -0.39 is 27.1 Å². The molecule has 0 radical (unpaired) electrons. The Bertz CT molecular complexity index is 977. The third kappa shape index (κ3) is 3.64. The van der Waals surface area contributed by atoms with Gasteiger partial charge in [-0.2, -0.15) is 0 Å². The molecular weight excluding hydrogens is 362 g/mol. The summed E-state index contributed by atoms with van der Waals surface area (Å²) in [4.78, 5) is 0.200. The number of hydrogen-bond acceptors (Lipinski definition) is 4. The molecular formula is C19H18F2O4S. The van der Waals surface area contributed by atoms with Gasteiger partial charge in [0.25, 0.3) is 0 Å². The monoisotopic (exact) mass is 380 g/mol. The maximum atomic E-state index is 13.9. The molecule has 0 N–H and O–H groups in total. The van der Waals surface area contributed by atoms with E-state index in [-0.39, 0.29) is 17.3 Å². The van der Waals surface area contributed by atoms with Crippen molar-refractivity contribution in [1.82, 2.24) is 0 Å². The molecule has 0 bridgehead atoms. The second kappa shape index (κ2) is 6.48. The highest BCUT2D eigenvalue weighted by molar-refractivity contribution is 7.90. The molecule has 0 amide bonds. The molecule has 1 aliphatic heterocycles. The molecule has 4 nitrogen and oxygen atoms in total. The van der Waals surface area contributed by atoms with Gasteiger partial charge in [0.2, 0.25) is 0 Å². The van der Waals surface area contributed by atoms with Crippen LogP contribution in [0.4, 0.5) is 8.78 Å². The van der Waals surface area contributed by atoms with Crippen LogP contribution in [0.15, 0.2) is 53.1 Å². The first-order valence-electron chi connectivity index (χ1n) is 7.89. The van der Waals surface area contributed by atoms with Crippen LogP contribution >= 0.6 is 0 Å². The molecule has 0 fully saturated rings. The fourth-order valence-electron chi connectivity index (χ4n) is 2.87. The Kier molecular flexibility index (Phi) is 4.62. The van der Waals surface area contributed by atoms with Crippen molar-refractivity contribution in [3.63, 3.8) is 0 Å².